The van der Waals surface area contributed by atoms with Crippen molar-refractivity contribution in [3.63, 3.8) is 0 Å². The minimum absolute atomic E-state index is 0.163. The van der Waals surface area contributed by atoms with Gasteiger partial charge in [0.25, 0.3) is 5.56 Å². The topological polar surface area (TPSA) is 109 Å². The molecule has 1 aliphatic heterocycles. The van der Waals surface area contributed by atoms with Gasteiger partial charge in [0.15, 0.2) is 0 Å². The molecule has 0 aliphatic carbocycles. The van der Waals surface area contributed by atoms with Crippen molar-refractivity contribution in [1.29, 1.82) is 0 Å². The third-order valence-corrected chi connectivity index (χ3v) is 4.31. The molecule has 0 saturated heterocycles. The van der Waals surface area contributed by atoms with Gasteiger partial charge in [0.2, 0.25) is 5.75 Å². The molecule has 0 saturated carbocycles. The molecule has 136 valence electrons. The molecule has 0 fully saturated rings. The van der Waals surface area contributed by atoms with Gasteiger partial charge in [-0.05, 0) is 6.07 Å². The summed E-state index contributed by atoms with van der Waals surface area (Å²) in [7, 11) is 1.83. The number of aryl methyl sites for hydroxylation is 1. The van der Waals surface area contributed by atoms with Crippen LogP contribution in [0, 0.1) is 11.8 Å². The molecule has 1 amide bonds. The number of nitrogens with one attached hydrogen (secondary N) is 1. The van der Waals surface area contributed by atoms with Crippen molar-refractivity contribution in [2.45, 2.75) is 13.0 Å². The second-order valence-electron chi connectivity index (χ2n) is 6.22. The van der Waals surface area contributed by atoms with E-state index in [0.717, 1.165) is 16.8 Å². The number of hydrogen-bond acceptors (Lipinski definition) is 5. The Labute approximate surface area is 153 Å². The number of H-pyrrole nitrogens is 1. The van der Waals surface area contributed by atoms with E-state index in [-0.39, 0.29) is 11.7 Å². The second kappa shape index (κ2) is 6.49. The standard InChI is InChI=1S/C18H16N6O3/c1-22-8-13(7-21-22)3-2-12-6-14-10-23(18(27)24(14)9-12)5-4-15-16(25)17(26)20-11-19-15/h6-9,11,25H,4-5,10H2,1H3,(H,19,20,26). The summed E-state index contributed by atoms with van der Waals surface area (Å²) >= 11 is 0. The molecule has 0 spiro atoms. The smallest absolute Gasteiger partial charge is 0.328 e. The lowest BCUT2D eigenvalue weighted by Gasteiger charge is -2.14. The molecule has 9 heteroatoms. The van der Waals surface area contributed by atoms with Crippen molar-refractivity contribution in [2.24, 2.45) is 7.05 Å². The van der Waals surface area contributed by atoms with Crippen LogP contribution in [0.25, 0.3) is 0 Å². The lowest BCUT2D eigenvalue weighted by molar-refractivity contribution is 0.209. The molecule has 3 aromatic heterocycles. The van der Waals surface area contributed by atoms with Crippen LogP contribution < -0.4 is 5.56 Å². The van der Waals surface area contributed by atoms with Gasteiger partial charge in [0.1, 0.15) is 0 Å². The van der Waals surface area contributed by atoms with Crippen molar-refractivity contribution in [2.75, 3.05) is 6.54 Å². The van der Waals surface area contributed by atoms with Gasteiger partial charge in [-0.25, -0.2) is 9.78 Å². The summed E-state index contributed by atoms with van der Waals surface area (Å²) in [4.78, 5) is 31.8. The van der Waals surface area contributed by atoms with Crippen LogP contribution in [-0.4, -0.2) is 46.9 Å². The van der Waals surface area contributed by atoms with Gasteiger partial charge in [-0.2, -0.15) is 5.10 Å². The minimum Gasteiger partial charge on any atom is -0.502 e. The molecular weight excluding hydrogens is 348 g/mol. The molecule has 27 heavy (non-hydrogen) atoms. The lowest BCUT2D eigenvalue weighted by Crippen LogP contribution is -2.28. The van der Waals surface area contributed by atoms with Crippen molar-refractivity contribution >= 4 is 6.03 Å². The number of hydrogen-bond donors (Lipinski definition) is 2. The monoisotopic (exact) mass is 364 g/mol. The lowest BCUT2D eigenvalue weighted by atomic mass is 10.2. The average Bonchev–Trinajstić information content (AvgIpc) is 3.31. The minimum atomic E-state index is -0.587. The zero-order chi connectivity index (χ0) is 19.0. The summed E-state index contributed by atoms with van der Waals surface area (Å²) in [6.45, 7) is 0.790. The van der Waals surface area contributed by atoms with Crippen LogP contribution in [0.2, 0.25) is 0 Å². The number of aromatic hydroxyl groups is 1. The molecule has 4 heterocycles. The third-order valence-electron chi connectivity index (χ3n) is 4.31. The molecule has 1 aliphatic rings. The largest absolute Gasteiger partial charge is 0.502 e. The fourth-order valence-corrected chi connectivity index (χ4v) is 2.95. The summed E-state index contributed by atoms with van der Waals surface area (Å²) in [6, 6.07) is 1.72. The number of aromatic nitrogens is 5. The second-order valence-corrected chi connectivity index (χ2v) is 6.22. The molecule has 0 bridgehead atoms. The van der Waals surface area contributed by atoms with Gasteiger partial charge in [-0.1, -0.05) is 11.8 Å². The SMILES string of the molecule is Cn1cc(C#Cc2cc3n(c2)C(=O)N(CCc2nc[nH]c(=O)c2O)C3)cn1. The van der Waals surface area contributed by atoms with E-state index in [1.165, 1.54) is 6.33 Å². The number of carbonyl (C=O) groups is 1. The molecule has 0 radical (unpaired) electrons. The van der Waals surface area contributed by atoms with Crippen LogP contribution in [-0.2, 0) is 20.0 Å². The average molecular weight is 364 g/mol. The highest BCUT2D eigenvalue weighted by Gasteiger charge is 2.27. The van der Waals surface area contributed by atoms with Gasteiger partial charge < -0.3 is 15.0 Å². The summed E-state index contributed by atoms with van der Waals surface area (Å²) in [5.41, 5.74) is 2.10. The van der Waals surface area contributed by atoms with Crippen LogP contribution in [0.5, 0.6) is 5.75 Å². The van der Waals surface area contributed by atoms with E-state index in [0.29, 0.717) is 19.5 Å². The van der Waals surface area contributed by atoms with Crippen molar-refractivity contribution in [1.82, 2.24) is 29.2 Å². The zero-order valence-electron chi connectivity index (χ0n) is 14.5. The normalized spacial score (nSPS) is 12.8. The van der Waals surface area contributed by atoms with E-state index in [4.69, 9.17) is 0 Å². The number of amides is 1. The Balaban J connectivity index is 1.44. The maximum absolute atomic E-state index is 12.5. The fraction of sp³-hybridized carbons (Fsp3) is 0.222. The van der Waals surface area contributed by atoms with E-state index in [1.54, 1.807) is 26.5 Å². The Morgan fingerprint density at radius 1 is 1.26 bits per heavy atom. The molecule has 4 rings (SSSR count). The predicted octanol–water partition coefficient (Wildman–Crippen LogP) is 0.437. The quantitative estimate of drug-likeness (QED) is 0.656. The maximum atomic E-state index is 12.5. The Morgan fingerprint density at radius 2 is 2.07 bits per heavy atom. The van der Waals surface area contributed by atoms with Crippen LogP contribution in [0.15, 0.2) is 35.8 Å². The summed E-state index contributed by atoms with van der Waals surface area (Å²) in [5, 5.41) is 13.8. The first-order chi connectivity index (χ1) is 13.0. The van der Waals surface area contributed by atoms with Crippen molar-refractivity contribution in [3.8, 4) is 17.6 Å². The molecular formula is C18H16N6O3. The van der Waals surface area contributed by atoms with Gasteiger partial charge in [-0.3, -0.25) is 14.0 Å². The first-order valence-corrected chi connectivity index (χ1v) is 8.28. The van der Waals surface area contributed by atoms with E-state index in [1.807, 2.05) is 19.3 Å². The van der Waals surface area contributed by atoms with Crippen LogP contribution in [0.1, 0.15) is 22.5 Å². The van der Waals surface area contributed by atoms with E-state index < -0.39 is 11.3 Å². The summed E-state index contributed by atoms with van der Waals surface area (Å²) in [6.07, 6.45) is 6.74. The number of rotatable bonds is 3. The zero-order valence-corrected chi connectivity index (χ0v) is 14.5. The predicted molar refractivity (Wildman–Crippen MR) is 95.1 cm³/mol. The molecule has 0 atom stereocenters. The molecule has 2 N–H and O–H groups in total. The molecule has 0 aromatic carbocycles. The van der Waals surface area contributed by atoms with Crippen molar-refractivity contribution < 1.29 is 9.90 Å². The van der Waals surface area contributed by atoms with Gasteiger partial charge in [-0.15, -0.1) is 0 Å². The fourth-order valence-electron chi connectivity index (χ4n) is 2.95. The summed E-state index contributed by atoms with van der Waals surface area (Å²) < 4.78 is 3.25. The highest BCUT2D eigenvalue weighted by Crippen LogP contribution is 2.20. The number of nitrogens with zero attached hydrogens (tertiary/aromatic N) is 5. The Bertz CT molecular complexity index is 1140. The first kappa shape index (κ1) is 16.7. The van der Waals surface area contributed by atoms with Gasteiger partial charge in [0.05, 0.1) is 30.3 Å². The molecule has 3 aromatic rings. The van der Waals surface area contributed by atoms with Crippen molar-refractivity contribution in [3.05, 3.63) is 63.9 Å². The molecule has 9 nitrogen and oxygen atoms in total. The Hall–Kier alpha value is -3.80. The number of fused-ring (bicyclic) bond motifs is 1. The van der Waals surface area contributed by atoms with Crippen LogP contribution >= 0.6 is 0 Å². The van der Waals surface area contributed by atoms with Gasteiger partial charge in [0, 0.05) is 43.7 Å². The Kier molecular flexibility index (Phi) is 4.01. The van der Waals surface area contributed by atoms with E-state index in [2.05, 4.69) is 26.9 Å². The van der Waals surface area contributed by atoms with E-state index in [9.17, 15) is 14.7 Å². The number of aromatic amines is 1. The number of carbonyl (C=O) groups excluding carboxylic acids is 1. The highest BCUT2D eigenvalue weighted by molar-refractivity contribution is 5.81. The first-order valence-electron chi connectivity index (χ1n) is 8.28. The Morgan fingerprint density at radius 3 is 2.81 bits per heavy atom. The van der Waals surface area contributed by atoms with Gasteiger partial charge >= 0.3 is 6.03 Å². The maximum Gasteiger partial charge on any atom is 0.328 e. The van der Waals surface area contributed by atoms with E-state index >= 15 is 0 Å². The van der Waals surface area contributed by atoms with Crippen LogP contribution in [0.3, 0.4) is 0 Å². The van der Waals surface area contributed by atoms with Crippen LogP contribution in [0.4, 0.5) is 4.79 Å². The highest BCUT2D eigenvalue weighted by atomic mass is 16.3. The third kappa shape index (κ3) is 3.20. The molecule has 0 unspecified atom stereocenters. The summed E-state index contributed by atoms with van der Waals surface area (Å²) in [5.74, 6) is 5.64.